The Bertz CT molecular complexity index is 335. The Kier molecular flexibility index (Phi) is 3.61. The standard InChI is InChI=1S/C12H21N3O/c1-9(2)10-8-12(16-14-10)11-4-3-6-15(11)7-5-13/h8-9,11H,3-7,13H2,1-2H3. The molecule has 2 N–H and O–H groups in total. The van der Waals surface area contributed by atoms with E-state index in [9.17, 15) is 0 Å². The van der Waals surface area contributed by atoms with Crippen molar-refractivity contribution >= 4 is 0 Å². The van der Waals surface area contributed by atoms with E-state index in [4.69, 9.17) is 10.3 Å². The molecule has 0 amide bonds. The third kappa shape index (κ3) is 2.28. The summed E-state index contributed by atoms with van der Waals surface area (Å²) in [5, 5.41) is 4.12. The van der Waals surface area contributed by atoms with E-state index >= 15 is 0 Å². The average molecular weight is 223 g/mol. The van der Waals surface area contributed by atoms with Crippen LogP contribution in [0.2, 0.25) is 0 Å². The zero-order valence-electron chi connectivity index (χ0n) is 10.1. The van der Waals surface area contributed by atoms with Gasteiger partial charge < -0.3 is 10.3 Å². The molecule has 0 spiro atoms. The molecular formula is C12H21N3O. The van der Waals surface area contributed by atoms with E-state index in [0.717, 1.165) is 31.0 Å². The highest BCUT2D eigenvalue weighted by Gasteiger charge is 2.28. The van der Waals surface area contributed by atoms with Crippen LogP contribution in [-0.4, -0.2) is 29.7 Å². The van der Waals surface area contributed by atoms with Crippen LogP contribution < -0.4 is 5.73 Å². The van der Waals surface area contributed by atoms with Gasteiger partial charge in [-0.25, -0.2) is 0 Å². The number of hydrogen-bond acceptors (Lipinski definition) is 4. The van der Waals surface area contributed by atoms with Crippen LogP contribution in [0.4, 0.5) is 0 Å². The summed E-state index contributed by atoms with van der Waals surface area (Å²) in [6.45, 7) is 7.05. The number of hydrogen-bond donors (Lipinski definition) is 1. The maximum absolute atomic E-state index is 5.61. The van der Waals surface area contributed by atoms with Crippen molar-refractivity contribution in [2.24, 2.45) is 5.73 Å². The van der Waals surface area contributed by atoms with Crippen molar-refractivity contribution in [1.29, 1.82) is 0 Å². The van der Waals surface area contributed by atoms with Gasteiger partial charge >= 0.3 is 0 Å². The van der Waals surface area contributed by atoms with Crippen LogP contribution in [0.5, 0.6) is 0 Å². The van der Waals surface area contributed by atoms with Gasteiger partial charge in [0.25, 0.3) is 0 Å². The summed E-state index contributed by atoms with van der Waals surface area (Å²) in [5.41, 5.74) is 6.66. The van der Waals surface area contributed by atoms with Gasteiger partial charge in [-0.1, -0.05) is 19.0 Å². The van der Waals surface area contributed by atoms with E-state index in [1.54, 1.807) is 0 Å². The molecule has 1 aromatic heterocycles. The van der Waals surface area contributed by atoms with Crippen molar-refractivity contribution in [3.05, 3.63) is 17.5 Å². The first-order valence-corrected chi connectivity index (χ1v) is 6.13. The SMILES string of the molecule is CC(C)c1cc(C2CCCN2CCN)on1. The molecule has 4 nitrogen and oxygen atoms in total. The summed E-state index contributed by atoms with van der Waals surface area (Å²) in [6, 6.07) is 2.49. The molecule has 0 saturated carbocycles. The Balaban J connectivity index is 2.10. The highest BCUT2D eigenvalue weighted by atomic mass is 16.5. The van der Waals surface area contributed by atoms with E-state index in [-0.39, 0.29) is 0 Å². The van der Waals surface area contributed by atoms with Crippen LogP contribution in [0.15, 0.2) is 10.6 Å². The quantitative estimate of drug-likeness (QED) is 0.847. The van der Waals surface area contributed by atoms with Crippen molar-refractivity contribution in [2.75, 3.05) is 19.6 Å². The van der Waals surface area contributed by atoms with Gasteiger partial charge in [0.15, 0.2) is 5.76 Å². The van der Waals surface area contributed by atoms with Crippen molar-refractivity contribution in [1.82, 2.24) is 10.1 Å². The molecular weight excluding hydrogens is 202 g/mol. The zero-order chi connectivity index (χ0) is 11.5. The van der Waals surface area contributed by atoms with E-state index in [2.05, 4.69) is 30.0 Å². The Morgan fingerprint density at radius 2 is 2.44 bits per heavy atom. The summed E-state index contributed by atoms with van der Waals surface area (Å²) in [5.74, 6) is 1.44. The van der Waals surface area contributed by atoms with Gasteiger partial charge in [-0.3, -0.25) is 4.90 Å². The Hall–Kier alpha value is -0.870. The zero-order valence-corrected chi connectivity index (χ0v) is 10.1. The predicted molar refractivity (Wildman–Crippen MR) is 63.2 cm³/mol. The first-order chi connectivity index (χ1) is 7.72. The monoisotopic (exact) mass is 223 g/mol. The molecule has 2 heterocycles. The fraction of sp³-hybridized carbons (Fsp3) is 0.750. The molecule has 1 aliphatic rings. The molecule has 16 heavy (non-hydrogen) atoms. The minimum absolute atomic E-state index is 0.392. The predicted octanol–water partition coefficient (Wildman–Crippen LogP) is 1.89. The maximum Gasteiger partial charge on any atom is 0.154 e. The van der Waals surface area contributed by atoms with Crippen LogP contribution in [0.1, 0.15) is 50.1 Å². The third-order valence-electron chi connectivity index (χ3n) is 3.25. The van der Waals surface area contributed by atoms with Crippen LogP contribution in [0.3, 0.4) is 0 Å². The summed E-state index contributed by atoms with van der Waals surface area (Å²) >= 11 is 0. The molecule has 1 atom stereocenters. The summed E-state index contributed by atoms with van der Waals surface area (Å²) in [7, 11) is 0. The minimum atomic E-state index is 0.392. The topological polar surface area (TPSA) is 55.3 Å². The molecule has 0 bridgehead atoms. The molecule has 1 unspecified atom stereocenters. The van der Waals surface area contributed by atoms with Gasteiger partial charge in [-0.05, 0) is 25.3 Å². The molecule has 0 aliphatic carbocycles. The van der Waals surface area contributed by atoms with Gasteiger partial charge in [-0.2, -0.15) is 0 Å². The maximum atomic E-state index is 5.61. The molecule has 1 aromatic rings. The summed E-state index contributed by atoms with van der Waals surface area (Å²) < 4.78 is 5.45. The second kappa shape index (κ2) is 4.97. The molecule has 1 fully saturated rings. The average Bonchev–Trinajstić information content (AvgIpc) is 2.84. The first kappa shape index (κ1) is 11.6. The van der Waals surface area contributed by atoms with Gasteiger partial charge in [0.2, 0.25) is 0 Å². The minimum Gasteiger partial charge on any atom is -0.359 e. The summed E-state index contributed by atoms with van der Waals surface area (Å²) in [6.07, 6.45) is 2.38. The lowest BCUT2D eigenvalue weighted by molar-refractivity contribution is 0.218. The number of nitrogens with zero attached hydrogens (tertiary/aromatic N) is 2. The Morgan fingerprint density at radius 1 is 1.62 bits per heavy atom. The summed E-state index contributed by atoms with van der Waals surface area (Å²) in [4.78, 5) is 2.39. The highest BCUT2D eigenvalue weighted by Crippen LogP contribution is 2.32. The highest BCUT2D eigenvalue weighted by molar-refractivity contribution is 5.13. The van der Waals surface area contributed by atoms with E-state index in [0.29, 0.717) is 18.5 Å². The van der Waals surface area contributed by atoms with Crippen LogP contribution >= 0.6 is 0 Å². The lowest BCUT2D eigenvalue weighted by atomic mass is 10.1. The number of rotatable bonds is 4. The third-order valence-corrected chi connectivity index (χ3v) is 3.25. The largest absolute Gasteiger partial charge is 0.359 e. The number of likely N-dealkylation sites (tertiary alicyclic amines) is 1. The first-order valence-electron chi connectivity index (χ1n) is 6.13. The van der Waals surface area contributed by atoms with Gasteiger partial charge in [0, 0.05) is 19.2 Å². The normalized spacial score (nSPS) is 22.1. The Morgan fingerprint density at radius 3 is 3.06 bits per heavy atom. The van der Waals surface area contributed by atoms with Crippen molar-refractivity contribution in [3.63, 3.8) is 0 Å². The number of aromatic nitrogens is 1. The molecule has 0 radical (unpaired) electrons. The van der Waals surface area contributed by atoms with Crippen molar-refractivity contribution in [3.8, 4) is 0 Å². The Labute approximate surface area is 96.8 Å². The second-order valence-corrected chi connectivity index (χ2v) is 4.79. The molecule has 1 saturated heterocycles. The fourth-order valence-electron chi connectivity index (χ4n) is 2.31. The number of nitrogens with two attached hydrogens (primary N) is 1. The fourth-order valence-corrected chi connectivity index (χ4v) is 2.31. The van der Waals surface area contributed by atoms with E-state index in [1.807, 2.05) is 0 Å². The molecule has 0 aromatic carbocycles. The van der Waals surface area contributed by atoms with Crippen molar-refractivity contribution in [2.45, 2.75) is 38.6 Å². The molecule has 1 aliphatic heterocycles. The van der Waals surface area contributed by atoms with E-state index < -0.39 is 0 Å². The molecule has 4 heteroatoms. The molecule has 2 rings (SSSR count). The second-order valence-electron chi connectivity index (χ2n) is 4.79. The lowest BCUT2D eigenvalue weighted by Crippen LogP contribution is -2.28. The van der Waals surface area contributed by atoms with Gasteiger partial charge in [0.1, 0.15) is 0 Å². The van der Waals surface area contributed by atoms with Gasteiger partial charge in [-0.15, -0.1) is 0 Å². The van der Waals surface area contributed by atoms with Crippen LogP contribution in [0.25, 0.3) is 0 Å². The lowest BCUT2D eigenvalue weighted by Gasteiger charge is -2.20. The molecule has 90 valence electrons. The van der Waals surface area contributed by atoms with Gasteiger partial charge in [0.05, 0.1) is 11.7 Å². The van der Waals surface area contributed by atoms with Crippen molar-refractivity contribution < 1.29 is 4.52 Å². The van der Waals surface area contributed by atoms with E-state index in [1.165, 1.54) is 6.42 Å². The van der Waals surface area contributed by atoms with Crippen LogP contribution in [-0.2, 0) is 0 Å². The van der Waals surface area contributed by atoms with Crippen LogP contribution in [0, 0.1) is 0 Å². The smallest absolute Gasteiger partial charge is 0.154 e.